The van der Waals surface area contributed by atoms with Gasteiger partial charge in [-0.3, -0.25) is 4.79 Å². The number of hydrogen-bond donors (Lipinski definition) is 1. The normalized spacial score (nSPS) is 11.6. The first-order valence-electron chi connectivity index (χ1n) is 7.78. The summed E-state index contributed by atoms with van der Waals surface area (Å²) in [7, 11) is -3.33. The summed E-state index contributed by atoms with van der Waals surface area (Å²) in [5.74, 6) is 0.895. The average Bonchev–Trinajstić information content (AvgIpc) is 3.33. The number of thiophene rings is 1. The third-order valence-electron chi connectivity index (χ3n) is 3.52. The highest BCUT2D eigenvalue weighted by Crippen LogP contribution is 2.19. The summed E-state index contributed by atoms with van der Waals surface area (Å²) in [6, 6.07) is 10.6. The van der Waals surface area contributed by atoms with Crippen molar-refractivity contribution in [2.75, 3.05) is 6.26 Å². The maximum Gasteiger partial charge on any atom is 0.290 e. The van der Waals surface area contributed by atoms with Crippen molar-refractivity contribution < 1.29 is 22.0 Å². The molecule has 1 N–H and O–H groups in total. The standard InChI is InChI=1S/C17H18N2O5S2/c1-26(21,22)18-10-13-6-7-16(24-13)17(20)19(11-14-4-2-8-23-14)12-15-5-3-9-25-15/h2-9,18H,10-12H2,1H3. The van der Waals surface area contributed by atoms with Crippen LogP contribution in [0.2, 0.25) is 0 Å². The SMILES string of the molecule is CS(=O)(=O)NCc1ccc(C(=O)N(Cc2ccco2)Cc2cccs2)o1. The Bertz CT molecular complexity index is 907. The Labute approximate surface area is 155 Å². The molecule has 0 bridgehead atoms. The van der Waals surface area contributed by atoms with Crippen LogP contribution in [0, 0.1) is 0 Å². The highest BCUT2D eigenvalue weighted by Gasteiger charge is 2.21. The van der Waals surface area contributed by atoms with Crippen molar-refractivity contribution in [3.63, 3.8) is 0 Å². The Morgan fingerprint density at radius 3 is 2.65 bits per heavy atom. The van der Waals surface area contributed by atoms with Gasteiger partial charge in [-0.25, -0.2) is 13.1 Å². The first kappa shape index (κ1) is 18.4. The van der Waals surface area contributed by atoms with E-state index in [0.717, 1.165) is 11.1 Å². The molecule has 0 saturated carbocycles. The van der Waals surface area contributed by atoms with E-state index in [1.807, 2.05) is 17.5 Å². The molecule has 0 radical (unpaired) electrons. The van der Waals surface area contributed by atoms with E-state index in [0.29, 0.717) is 24.6 Å². The highest BCUT2D eigenvalue weighted by atomic mass is 32.2. The fraction of sp³-hybridized carbons (Fsp3) is 0.235. The summed E-state index contributed by atoms with van der Waals surface area (Å²) < 4.78 is 35.5. The summed E-state index contributed by atoms with van der Waals surface area (Å²) in [4.78, 5) is 15.5. The molecular formula is C17H18N2O5S2. The molecule has 0 aromatic carbocycles. The van der Waals surface area contributed by atoms with Gasteiger partial charge in [0.05, 0.1) is 32.2 Å². The van der Waals surface area contributed by atoms with Crippen LogP contribution in [-0.2, 0) is 29.7 Å². The second-order valence-electron chi connectivity index (χ2n) is 5.68. The van der Waals surface area contributed by atoms with Crippen LogP contribution in [0.3, 0.4) is 0 Å². The van der Waals surface area contributed by atoms with Crippen molar-refractivity contribution in [1.29, 1.82) is 0 Å². The number of nitrogens with zero attached hydrogens (tertiary/aromatic N) is 1. The lowest BCUT2D eigenvalue weighted by atomic mass is 10.3. The molecule has 0 saturated heterocycles. The predicted molar refractivity (Wildman–Crippen MR) is 97.0 cm³/mol. The molecule has 0 unspecified atom stereocenters. The Morgan fingerprint density at radius 1 is 1.15 bits per heavy atom. The zero-order valence-electron chi connectivity index (χ0n) is 14.0. The fourth-order valence-corrected chi connectivity index (χ4v) is 3.45. The van der Waals surface area contributed by atoms with Crippen molar-refractivity contribution in [2.24, 2.45) is 0 Å². The molecule has 3 heterocycles. The zero-order chi connectivity index (χ0) is 18.6. The van der Waals surface area contributed by atoms with E-state index in [-0.39, 0.29) is 18.2 Å². The Hall–Kier alpha value is -2.36. The third-order valence-corrected chi connectivity index (χ3v) is 5.05. The van der Waals surface area contributed by atoms with E-state index in [1.54, 1.807) is 46.8 Å². The van der Waals surface area contributed by atoms with E-state index in [1.165, 1.54) is 0 Å². The monoisotopic (exact) mass is 394 g/mol. The Morgan fingerprint density at radius 2 is 2.00 bits per heavy atom. The maximum atomic E-state index is 12.9. The highest BCUT2D eigenvalue weighted by molar-refractivity contribution is 7.88. The van der Waals surface area contributed by atoms with Crippen molar-refractivity contribution in [2.45, 2.75) is 19.6 Å². The van der Waals surface area contributed by atoms with Crippen LogP contribution >= 0.6 is 11.3 Å². The van der Waals surface area contributed by atoms with Gasteiger partial charge in [0.2, 0.25) is 10.0 Å². The van der Waals surface area contributed by atoms with Crippen molar-refractivity contribution in [3.8, 4) is 0 Å². The molecule has 9 heteroatoms. The van der Waals surface area contributed by atoms with E-state index in [4.69, 9.17) is 8.83 Å². The van der Waals surface area contributed by atoms with Gasteiger partial charge in [0.1, 0.15) is 11.5 Å². The van der Waals surface area contributed by atoms with Crippen LogP contribution in [0.25, 0.3) is 0 Å². The molecular weight excluding hydrogens is 376 g/mol. The van der Waals surface area contributed by atoms with Crippen molar-refractivity contribution in [1.82, 2.24) is 9.62 Å². The van der Waals surface area contributed by atoms with Crippen LogP contribution in [0.4, 0.5) is 0 Å². The quantitative estimate of drug-likeness (QED) is 0.634. The van der Waals surface area contributed by atoms with Gasteiger partial charge in [-0.15, -0.1) is 11.3 Å². The number of hydrogen-bond acceptors (Lipinski definition) is 6. The first-order chi connectivity index (χ1) is 12.4. The molecule has 0 aliphatic heterocycles. The lowest BCUT2D eigenvalue weighted by molar-refractivity contribution is 0.0685. The van der Waals surface area contributed by atoms with Crippen molar-refractivity contribution >= 4 is 27.3 Å². The molecule has 1 amide bonds. The second kappa shape index (κ2) is 7.90. The number of furan rings is 2. The van der Waals surface area contributed by atoms with Gasteiger partial charge in [0.15, 0.2) is 5.76 Å². The van der Waals surface area contributed by atoms with Crippen LogP contribution in [0.15, 0.2) is 56.9 Å². The number of carbonyl (C=O) groups excluding carboxylic acids is 1. The van der Waals surface area contributed by atoms with Crippen molar-refractivity contribution in [3.05, 3.63) is 70.2 Å². The molecule has 0 aliphatic rings. The topological polar surface area (TPSA) is 92.8 Å². The molecule has 138 valence electrons. The minimum atomic E-state index is -3.33. The summed E-state index contributed by atoms with van der Waals surface area (Å²) in [6.07, 6.45) is 2.62. The number of sulfonamides is 1. The lowest BCUT2D eigenvalue weighted by Gasteiger charge is -2.19. The van der Waals surface area contributed by atoms with Gasteiger partial charge in [-0.05, 0) is 35.7 Å². The minimum Gasteiger partial charge on any atom is -0.467 e. The minimum absolute atomic E-state index is 0.00474. The van der Waals surface area contributed by atoms with Gasteiger partial charge in [0.25, 0.3) is 5.91 Å². The fourth-order valence-electron chi connectivity index (χ4n) is 2.33. The lowest BCUT2D eigenvalue weighted by Crippen LogP contribution is -2.29. The largest absolute Gasteiger partial charge is 0.467 e. The molecule has 3 aromatic heterocycles. The molecule has 26 heavy (non-hydrogen) atoms. The summed E-state index contributed by atoms with van der Waals surface area (Å²) >= 11 is 1.56. The molecule has 3 aromatic rings. The van der Waals surface area contributed by atoms with Crippen LogP contribution in [0.5, 0.6) is 0 Å². The molecule has 0 spiro atoms. The van der Waals surface area contributed by atoms with Crippen LogP contribution in [-0.4, -0.2) is 25.5 Å². The second-order valence-corrected chi connectivity index (χ2v) is 8.54. The number of amides is 1. The molecule has 7 nitrogen and oxygen atoms in total. The van der Waals surface area contributed by atoms with Gasteiger partial charge in [-0.2, -0.15) is 0 Å². The average molecular weight is 394 g/mol. The number of carbonyl (C=O) groups is 1. The van der Waals surface area contributed by atoms with Gasteiger partial charge in [0, 0.05) is 4.88 Å². The zero-order valence-corrected chi connectivity index (χ0v) is 15.7. The third kappa shape index (κ3) is 5.07. The summed E-state index contributed by atoms with van der Waals surface area (Å²) in [6.45, 7) is 0.728. The van der Waals surface area contributed by atoms with Gasteiger partial charge in [-0.1, -0.05) is 6.07 Å². The van der Waals surface area contributed by atoms with E-state index in [9.17, 15) is 13.2 Å². The van der Waals surface area contributed by atoms with E-state index < -0.39 is 10.0 Å². The predicted octanol–water partition coefficient (Wildman–Crippen LogP) is 2.83. The van der Waals surface area contributed by atoms with E-state index >= 15 is 0 Å². The van der Waals surface area contributed by atoms with E-state index in [2.05, 4.69) is 4.72 Å². The maximum absolute atomic E-state index is 12.9. The number of rotatable bonds is 8. The molecule has 0 aliphatic carbocycles. The Kier molecular flexibility index (Phi) is 5.60. The first-order valence-corrected chi connectivity index (χ1v) is 10.6. The van der Waals surface area contributed by atoms with Crippen LogP contribution in [0.1, 0.15) is 27.0 Å². The smallest absolute Gasteiger partial charge is 0.290 e. The van der Waals surface area contributed by atoms with Gasteiger partial charge < -0.3 is 13.7 Å². The van der Waals surface area contributed by atoms with Gasteiger partial charge >= 0.3 is 0 Å². The molecule has 0 atom stereocenters. The molecule has 3 rings (SSSR count). The number of nitrogens with one attached hydrogen (secondary N) is 1. The summed E-state index contributed by atoms with van der Waals surface area (Å²) in [5.41, 5.74) is 0. The summed E-state index contributed by atoms with van der Waals surface area (Å²) in [5, 5.41) is 1.95. The molecule has 0 fully saturated rings. The Balaban J connectivity index is 1.75. The van der Waals surface area contributed by atoms with Crippen LogP contribution < -0.4 is 4.72 Å².